The van der Waals surface area contributed by atoms with Crippen molar-refractivity contribution in [3.05, 3.63) is 29.3 Å². The van der Waals surface area contributed by atoms with E-state index in [0.29, 0.717) is 17.8 Å². The number of rotatable bonds is 6. The van der Waals surface area contributed by atoms with Crippen molar-refractivity contribution in [2.75, 3.05) is 12.3 Å². The maximum Gasteiger partial charge on any atom is 0.320 e. The van der Waals surface area contributed by atoms with Gasteiger partial charge in [0.05, 0.1) is 13.0 Å². The fourth-order valence-corrected chi connectivity index (χ4v) is 1.86. The smallest absolute Gasteiger partial charge is 0.320 e. The molecule has 6 nitrogen and oxygen atoms in total. The number of carbonyl (C=O) groups is 2. The number of anilines is 1. The van der Waals surface area contributed by atoms with Gasteiger partial charge in [0.2, 0.25) is 0 Å². The second kappa shape index (κ2) is 7.08. The van der Waals surface area contributed by atoms with E-state index in [4.69, 9.17) is 15.6 Å². The van der Waals surface area contributed by atoms with Gasteiger partial charge in [-0.2, -0.15) is 0 Å². The topological polar surface area (TPSA) is 102 Å². The molecule has 0 saturated carbocycles. The zero-order valence-corrected chi connectivity index (χ0v) is 12.6. The number of benzene rings is 1. The molecule has 0 atom stereocenters. The fraction of sp³-hybridized carbons (Fsp3) is 0.467. The van der Waals surface area contributed by atoms with Crippen LogP contribution >= 0.6 is 0 Å². The average molecular weight is 294 g/mol. The molecule has 0 spiro atoms. The molecule has 1 aromatic rings. The number of ether oxygens (including phenoxy) is 1. The Labute approximate surface area is 124 Å². The first-order valence-corrected chi connectivity index (χ1v) is 6.68. The molecule has 0 radical (unpaired) electrons. The van der Waals surface area contributed by atoms with Gasteiger partial charge in [-0.1, -0.05) is 6.07 Å². The summed E-state index contributed by atoms with van der Waals surface area (Å²) in [6.07, 6.45) is -0.0793. The number of hydrogen-bond donors (Lipinski definition) is 3. The Kier molecular flexibility index (Phi) is 5.72. The SMILES string of the molecule is CC(C)(C)OC(=O)CNCc1cc(N)cc(CC(=O)O)c1. The van der Waals surface area contributed by atoms with Gasteiger partial charge < -0.3 is 20.9 Å². The van der Waals surface area contributed by atoms with Crippen LogP contribution in [0.1, 0.15) is 31.9 Å². The molecule has 0 fully saturated rings. The number of nitrogens with two attached hydrogens (primary N) is 1. The number of carboxylic acid groups (broad SMARTS) is 1. The van der Waals surface area contributed by atoms with E-state index in [-0.39, 0.29) is 18.9 Å². The molecule has 0 unspecified atom stereocenters. The van der Waals surface area contributed by atoms with Crippen molar-refractivity contribution < 1.29 is 19.4 Å². The average Bonchev–Trinajstić information content (AvgIpc) is 2.24. The van der Waals surface area contributed by atoms with E-state index < -0.39 is 11.6 Å². The molecule has 0 aliphatic heterocycles. The largest absolute Gasteiger partial charge is 0.481 e. The lowest BCUT2D eigenvalue weighted by Crippen LogP contribution is -2.31. The highest BCUT2D eigenvalue weighted by Crippen LogP contribution is 2.13. The summed E-state index contributed by atoms with van der Waals surface area (Å²) >= 11 is 0. The van der Waals surface area contributed by atoms with Crippen LogP contribution in [0.3, 0.4) is 0 Å². The second-order valence-electron chi connectivity index (χ2n) is 5.84. The van der Waals surface area contributed by atoms with Crippen LogP contribution in [0.25, 0.3) is 0 Å². The first kappa shape index (κ1) is 17.0. The molecular weight excluding hydrogens is 272 g/mol. The summed E-state index contributed by atoms with van der Waals surface area (Å²) in [4.78, 5) is 22.3. The summed E-state index contributed by atoms with van der Waals surface area (Å²) in [7, 11) is 0. The molecule has 6 heteroatoms. The monoisotopic (exact) mass is 294 g/mol. The number of hydrogen-bond acceptors (Lipinski definition) is 5. The predicted octanol–water partition coefficient (Wildman–Crippen LogP) is 1.33. The van der Waals surface area contributed by atoms with Crippen molar-refractivity contribution in [1.82, 2.24) is 5.32 Å². The molecule has 1 aromatic carbocycles. The zero-order valence-electron chi connectivity index (χ0n) is 12.6. The minimum Gasteiger partial charge on any atom is -0.481 e. The van der Waals surface area contributed by atoms with Gasteiger partial charge in [-0.25, -0.2) is 0 Å². The van der Waals surface area contributed by atoms with E-state index in [1.165, 1.54) is 0 Å². The van der Waals surface area contributed by atoms with Gasteiger partial charge in [-0.15, -0.1) is 0 Å². The van der Waals surface area contributed by atoms with E-state index >= 15 is 0 Å². The Balaban J connectivity index is 2.54. The molecular formula is C15H22N2O4. The molecule has 0 aliphatic carbocycles. The van der Waals surface area contributed by atoms with Crippen LogP contribution < -0.4 is 11.1 Å². The van der Waals surface area contributed by atoms with Crippen LogP contribution in [0.4, 0.5) is 5.69 Å². The number of carbonyl (C=O) groups excluding carboxylic acids is 1. The number of esters is 1. The quantitative estimate of drug-likeness (QED) is 0.540. The standard InChI is InChI=1S/C15H22N2O4/c1-15(2,3)21-14(20)9-17-8-11-4-10(7-13(18)19)5-12(16)6-11/h4-6,17H,7-9,16H2,1-3H3,(H,18,19). The van der Waals surface area contributed by atoms with E-state index in [2.05, 4.69) is 5.32 Å². The van der Waals surface area contributed by atoms with Crippen molar-refractivity contribution in [3.8, 4) is 0 Å². The maximum atomic E-state index is 11.5. The maximum absolute atomic E-state index is 11.5. The Hall–Kier alpha value is -2.08. The van der Waals surface area contributed by atoms with E-state index in [0.717, 1.165) is 5.56 Å². The minimum atomic E-state index is -0.909. The fourth-order valence-electron chi connectivity index (χ4n) is 1.86. The van der Waals surface area contributed by atoms with E-state index in [9.17, 15) is 9.59 Å². The van der Waals surface area contributed by atoms with Crippen LogP contribution in [-0.2, 0) is 27.3 Å². The van der Waals surface area contributed by atoms with Gasteiger partial charge in [0.1, 0.15) is 5.60 Å². The first-order chi connectivity index (χ1) is 9.65. The van der Waals surface area contributed by atoms with E-state index in [1.807, 2.05) is 0 Å². The highest BCUT2D eigenvalue weighted by atomic mass is 16.6. The van der Waals surface area contributed by atoms with Crippen molar-refractivity contribution in [3.63, 3.8) is 0 Å². The van der Waals surface area contributed by atoms with Crippen LogP contribution in [-0.4, -0.2) is 29.2 Å². The first-order valence-electron chi connectivity index (χ1n) is 6.68. The normalized spacial score (nSPS) is 11.2. The molecule has 0 heterocycles. The van der Waals surface area contributed by atoms with Gasteiger partial charge in [0.25, 0.3) is 0 Å². The number of aliphatic carboxylic acids is 1. The highest BCUT2D eigenvalue weighted by molar-refractivity contribution is 5.72. The summed E-state index contributed by atoms with van der Waals surface area (Å²) in [6.45, 7) is 5.92. The van der Waals surface area contributed by atoms with Gasteiger partial charge in [0.15, 0.2) is 0 Å². The molecule has 1 rings (SSSR count). The molecule has 21 heavy (non-hydrogen) atoms. The Bertz CT molecular complexity index is 521. The Morgan fingerprint density at radius 3 is 2.43 bits per heavy atom. The van der Waals surface area contributed by atoms with Gasteiger partial charge in [0, 0.05) is 12.2 Å². The third-order valence-corrected chi connectivity index (χ3v) is 2.45. The van der Waals surface area contributed by atoms with Crippen molar-refractivity contribution in [1.29, 1.82) is 0 Å². The minimum absolute atomic E-state index is 0.0793. The Morgan fingerprint density at radius 1 is 1.24 bits per heavy atom. The van der Waals surface area contributed by atoms with Gasteiger partial charge in [-0.3, -0.25) is 9.59 Å². The van der Waals surface area contributed by atoms with Crippen LogP contribution in [0.2, 0.25) is 0 Å². The molecule has 0 aliphatic rings. The Morgan fingerprint density at radius 2 is 1.86 bits per heavy atom. The lowest BCUT2D eigenvalue weighted by Gasteiger charge is -2.19. The van der Waals surface area contributed by atoms with Crippen molar-refractivity contribution in [2.45, 2.75) is 39.3 Å². The van der Waals surface area contributed by atoms with Gasteiger partial charge in [-0.05, 0) is 44.0 Å². The van der Waals surface area contributed by atoms with Crippen molar-refractivity contribution in [2.24, 2.45) is 0 Å². The van der Waals surface area contributed by atoms with E-state index in [1.54, 1.807) is 39.0 Å². The molecule has 0 aromatic heterocycles. The van der Waals surface area contributed by atoms with Crippen molar-refractivity contribution >= 4 is 17.6 Å². The zero-order chi connectivity index (χ0) is 16.0. The summed E-state index contributed by atoms with van der Waals surface area (Å²) in [5.74, 6) is -1.24. The number of carboxylic acids is 1. The molecule has 0 bridgehead atoms. The summed E-state index contributed by atoms with van der Waals surface area (Å²) in [6, 6.07) is 5.13. The lowest BCUT2D eigenvalue weighted by molar-refractivity contribution is -0.153. The summed E-state index contributed by atoms with van der Waals surface area (Å²) in [5.41, 5.74) is 7.20. The number of nitrogens with one attached hydrogen (secondary N) is 1. The molecule has 0 amide bonds. The number of nitrogen functional groups attached to an aromatic ring is 1. The summed E-state index contributed by atoms with van der Waals surface area (Å²) < 4.78 is 5.17. The van der Waals surface area contributed by atoms with Crippen LogP contribution in [0.15, 0.2) is 18.2 Å². The lowest BCUT2D eigenvalue weighted by atomic mass is 10.1. The second-order valence-corrected chi connectivity index (χ2v) is 5.84. The highest BCUT2D eigenvalue weighted by Gasteiger charge is 2.15. The molecule has 0 saturated heterocycles. The molecule has 4 N–H and O–H groups in total. The molecule has 116 valence electrons. The third-order valence-electron chi connectivity index (χ3n) is 2.45. The van der Waals surface area contributed by atoms with Crippen LogP contribution in [0.5, 0.6) is 0 Å². The third kappa shape index (κ3) is 7.31. The summed E-state index contributed by atoms with van der Waals surface area (Å²) in [5, 5.41) is 11.7. The predicted molar refractivity (Wildman–Crippen MR) is 79.7 cm³/mol. The van der Waals surface area contributed by atoms with Gasteiger partial charge >= 0.3 is 11.9 Å². The van der Waals surface area contributed by atoms with Crippen LogP contribution in [0, 0.1) is 0 Å².